The summed E-state index contributed by atoms with van der Waals surface area (Å²) in [6.07, 6.45) is 1.94. The maximum Gasteiger partial charge on any atom is 0.308 e. The van der Waals surface area contributed by atoms with Gasteiger partial charge in [-0.3, -0.25) is 4.79 Å². The normalized spacial score (nSPS) is 19.8. The van der Waals surface area contributed by atoms with Crippen LogP contribution in [0.4, 0.5) is 0 Å². The van der Waals surface area contributed by atoms with Gasteiger partial charge in [-0.25, -0.2) is 0 Å². The lowest BCUT2D eigenvalue weighted by atomic mass is 10.3. The van der Waals surface area contributed by atoms with E-state index in [1.807, 2.05) is 0 Å². The topological polar surface area (TPSA) is 54.0 Å². The van der Waals surface area contributed by atoms with Crippen LogP contribution in [0.25, 0.3) is 0 Å². The quantitative estimate of drug-likeness (QED) is 0.329. The lowest BCUT2D eigenvalue weighted by Gasteiger charge is -2.08. The largest absolute Gasteiger partial charge is 0.463 e. The van der Waals surface area contributed by atoms with Crippen LogP contribution >= 0.6 is 0 Å². The summed E-state index contributed by atoms with van der Waals surface area (Å²) in [6, 6.07) is 0. The molecule has 92 valence electrons. The highest BCUT2D eigenvalue weighted by molar-refractivity contribution is 5.71. The molecule has 1 saturated heterocycles. The van der Waals surface area contributed by atoms with Gasteiger partial charge in [-0.15, -0.1) is 6.58 Å². The van der Waals surface area contributed by atoms with Gasteiger partial charge in [-0.1, -0.05) is 6.08 Å². The molecule has 0 bridgehead atoms. The van der Waals surface area contributed by atoms with Gasteiger partial charge in [0.1, 0.15) is 12.7 Å². The molecule has 1 heterocycles. The predicted octanol–water partition coefficient (Wildman–Crippen LogP) is 0.538. The molecule has 0 aromatic carbocycles. The Morgan fingerprint density at radius 3 is 2.75 bits per heavy atom. The minimum Gasteiger partial charge on any atom is -0.463 e. The van der Waals surface area contributed by atoms with Gasteiger partial charge in [0.25, 0.3) is 0 Å². The molecule has 1 fully saturated rings. The molecule has 0 saturated carbocycles. The van der Waals surface area contributed by atoms with Gasteiger partial charge in [-0.2, -0.15) is 0 Å². The number of rotatable bonds is 9. The van der Waals surface area contributed by atoms with Crippen molar-refractivity contribution in [1.29, 1.82) is 0 Å². The van der Waals surface area contributed by atoms with E-state index in [9.17, 15) is 4.79 Å². The van der Waals surface area contributed by atoms with Crippen LogP contribution in [0.5, 0.6) is 0 Å². The standard InChI is InChI=1S/C11H18O5/c1-2-3-13-4-5-14-6-7-15-10-8-11(12)16-9-10/h2,10H,1,3-9H2. The SMILES string of the molecule is C=CCOCCOCCOC1COC(=O)C1. The van der Waals surface area contributed by atoms with E-state index in [0.717, 1.165) is 0 Å². The molecule has 5 heteroatoms. The van der Waals surface area contributed by atoms with Gasteiger partial charge in [0.05, 0.1) is 39.5 Å². The Hall–Kier alpha value is -0.910. The van der Waals surface area contributed by atoms with Gasteiger partial charge < -0.3 is 18.9 Å². The highest BCUT2D eigenvalue weighted by Crippen LogP contribution is 2.09. The van der Waals surface area contributed by atoms with Crippen molar-refractivity contribution in [2.75, 3.05) is 39.6 Å². The zero-order chi connectivity index (χ0) is 11.6. The summed E-state index contributed by atoms with van der Waals surface area (Å²) in [6.45, 7) is 6.51. The van der Waals surface area contributed by atoms with Crippen molar-refractivity contribution in [3.8, 4) is 0 Å². The van der Waals surface area contributed by atoms with Gasteiger partial charge in [0.15, 0.2) is 0 Å². The lowest BCUT2D eigenvalue weighted by Crippen LogP contribution is -2.17. The number of carbonyl (C=O) groups is 1. The summed E-state index contributed by atoms with van der Waals surface area (Å²) in [5.74, 6) is -0.191. The predicted molar refractivity (Wildman–Crippen MR) is 57.2 cm³/mol. The maximum absolute atomic E-state index is 10.7. The summed E-state index contributed by atoms with van der Waals surface area (Å²) in [5, 5.41) is 0. The van der Waals surface area contributed by atoms with Crippen molar-refractivity contribution < 1.29 is 23.7 Å². The summed E-state index contributed by atoms with van der Waals surface area (Å²) < 4.78 is 20.5. The van der Waals surface area contributed by atoms with Crippen LogP contribution in [0.1, 0.15) is 6.42 Å². The van der Waals surface area contributed by atoms with Crippen LogP contribution < -0.4 is 0 Å². The highest BCUT2D eigenvalue weighted by atomic mass is 16.6. The Labute approximate surface area is 95.3 Å². The first-order valence-corrected chi connectivity index (χ1v) is 5.36. The van der Waals surface area contributed by atoms with Gasteiger partial charge in [0.2, 0.25) is 0 Å². The summed E-state index contributed by atoms with van der Waals surface area (Å²) >= 11 is 0. The van der Waals surface area contributed by atoms with Gasteiger partial charge in [0, 0.05) is 0 Å². The second-order valence-corrected chi connectivity index (χ2v) is 3.36. The van der Waals surface area contributed by atoms with Crippen LogP contribution in [-0.4, -0.2) is 51.7 Å². The highest BCUT2D eigenvalue weighted by Gasteiger charge is 2.23. The van der Waals surface area contributed by atoms with Crippen molar-refractivity contribution in [3.05, 3.63) is 12.7 Å². The molecule has 0 radical (unpaired) electrons. The van der Waals surface area contributed by atoms with E-state index < -0.39 is 0 Å². The first kappa shape index (κ1) is 13.2. The monoisotopic (exact) mass is 230 g/mol. The molecular weight excluding hydrogens is 212 g/mol. The van der Waals surface area contributed by atoms with Crippen LogP contribution in [0, 0.1) is 0 Å². The molecule has 0 aromatic heterocycles. The first-order valence-electron chi connectivity index (χ1n) is 5.36. The molecule has 1 unspecified atom stereocenters. The summed E-state index contributed by atoms with van der Waals surface area (Å²) in [7, 11) is 0. The number of cyclic esters (lactones) is 1. The summed E-state index contributed by atoms with van der Waals surface area (Å²) in [4.78, 5) is 10.7. The Morgan fingerprint density at radius 2 is 2.06 bits per heavy atom. The van der Waals surface area contributed by atoms with E-state index in [2.05, 4.69) is 6.58 Å². The van der Waals surface area contributed by atoms with Crippen molar-refractivity contribution in [3.63, 3.8) is 0 Å². The fourth-order valence-corrected chi connectivity index (χ4v) is 1.26. The van der Waals surface area contributed by atoms with Crippen molar-refractivity contribution in [2.45, 2.75) is 12.5 Å². The molecule has 5 nitrogen and oxygen atoms in total. The first-order chi connectivity index (χ1) is 7.83. The second-order valence-electron chi connectivity index (χ2n) is 3.36. The maximum atomic E-state index is 10.7. The fourth-order valence-electron chi connectivity index (χ4n) is 1.26. The van der Waals surface area contributed by atoms with E-state index in [0.29, 0.717) is 46.1 Å². The molecule has 1 aliphatic rings. The van der Waals surface area contributed by atoms with Crippen molar-refractivity contribution in [2.24, 2.45) is 0 Å². The molecule has 16 heavy (non-hydrogen) atoms. The third-order valence-corrected chi connectivity index (χ3v) is 2.01. The van der Waals surface area contributed by atoms with Crippen LogP contribution in [0.15, 0.2) is 12.7 Å². The van der Waals surface area contributed by atoms with E-state index in [1.165, 1.54) is 0 Å². The minimum absolute atomic E-state index is 0.104. The number of esters is 1. The number of carbonyl (C=O) groups excluding carboxylic acids is 1. The number of hydrogen-bond acceptors (Lipinski definition) is 5. The third-order valence-electron chi connectivity index (χ3n) is 2.01. The van der Waals surface area contributed by atoms with Gasteiger partial charge >= 0.3 is 5.97 Å². The molecule has 0 amide bonds. The Kier molecular flexibility index (Phi) is 6.80. The Bertz CT molecular complexity index is 216. The van der Waals surface area contributed by atoms with E-state index in [1.54, 1.807) is 6.08 Å². The zero-order valence-corrected chi connectivity index (χ0v) is 9.35. The molecule has 0 aromatic rings. The number of hydrogen-bond donors (Lipinski definition) is 0. The molecule has 0 N–H and O–H groups in total. The number of ether oxygens (including phenoxy) is 4. The molecule has 1 rings (SSSR count). The van der Waals surface area contributed by atoms with Gasteiger partial charge in [-0.05, 0) is 0 Å². The average molecular weight is 230 g/mol. The fraction of sp³-hybridized carbons (Fsp3) is 0.727. The molecular formula is C11H18O5. The van der Waals surface area contributed by atoms with E-state index >= 15 is 0 Å². The van der Waals surface area contributed by atoms with Crippen molar-refractivity contribution in [1.82, 2.24) is 0 Å². The Morgan fingerprint density at radius 1 is 1.31 bits per heavy atom. The minimum atomic E-state index is -0.191. The van der Waals surface area contributed by atoms with E-state index in [-0.39, 0.29) is 12.1 Å². The van der Waals surface area contributed by atoms with E-state index in [4.69, 9.17) is 18.9 Å². The molecule has 0 aliphatic carbocycles. The third kappa shape index (κ3) is 5.85. The van der Waals surface area contributed by atoms with Crippen LogP contribution in [-0.2, 0) is 23.7 Å². The second kappa shape index (κ2) is 8.27. The van der Waals surface area contributed by atoms with Crippen LogP contribution in [0.2, 0.25) is 0 Å². The summed E-state index contributed by atoms with van der Waals surface area (Å²) in [5.41, 5.74) is 0. The lowest BCUT2D eigenvalue weighted by molar-refractivity contribution is -0.137. The zero-order valence-electron chi connectivity index (χ0n) is 9.35. The molecule has 1 atom stereocenters. The van der Waals surface area contributed by atoms with Crippen LogP contribution in [0.3, 0.4) is 0 Å². The Balaban J connectivity index is 1.81. The average Bonchev–Trinajstić information content (AvgIpc) is 2.68. The smallest absolute Gasteiger partial charge is 0.308 e. The molecule has 0 spiro atoms. The molecule has 1 aliphatic heterocycles. The van der Waals surface area contributed by atoms with Crippen molar-refractivity contribution >= 4 is 5.97 Å².